The smallest absolute Gasteiger partial charge is 0.303 e. The molecule has 0 unspecified atom stereocenters. The average Bonchev–Trinajstić information content (AvgIpc) is 2.05. The zero-order chi connectivity index (χ0) is 8.97. The second-order valence-electron chi connectivity index (χ2n) is 3.06. The van der Waals surface area contributed by atoms with Gasteiger partial charge in [-0.3, -0.25) is 4.79 Å². The number of hydrogen-bond donors (Lipinski definition) is 1. The molecular formula is C8H14O4. The molecule has 70 valence electrons. The highest BCUT2D eigenvalue weighted by atomic mass is 16.6. The lowest BCUT2D eigenvalue weighted by Crippen LogP contribution is -2.34. The maximum atomic E-state index is 10.4. The Labute approximate surface area is 71.5 Å². The summed E-state index contributed by atoms with van der Waals surface area (Å²) in [5.74, 6) is -0.750. The summed E-state index contributed by atoms with van der Waals surface area (Å²) < 4.78 is 10.5. The molecule has 4 nitrogen and oxygen atoms in total. The van der Waals surface area contributed by atoms with E-state index >= 15 is 0 Å². The van der Waals surface area contributed by atoms with Crippen molar-refractivity contribution in [3.63, 3.8) is 0 Å². The molecular weight excluding hydrogens is 160 g/mol. The lowest BCUT2D eigenvalue weighted by Gasteiger charge is -2.27. The predicted octanol–water partition coefficient (Wildman–Crippen LogP) is 0.513. The topological polar surface area (TPSA) is 55.8 Å². The quantitative estimate of drug-likeness (QED) is 0.677. The standard InChI is InChI=1S/C8H14O4/c1-6(4-8(9)10)7-5-11-2-3-12-7/h6-7H,2-5H2,1H3,(H,9,10)/t6-,7-/m0/s1. The number of carbonyl (C=O) groups is 1. The number of aliphatic carboxylic acids is 1. The predicted molar refractivity (Wildman–Crippen MR) is 42.0 cm³/mol. The molecule has 0 aliphatic carbocycles. The number of carboxylic acid groups (broad SMARTS) is 1. The molecule has 0 spiro atoms. The van der Waals surface area contributed by atoms with Crippen LogP contribution in [0, 0.1) is 5.92 Å². The van der Waals surface area contributed by atoms with Crippen LogP contribution in [0.1, 0.15) is 13.3 Å². The SMILES string of the molecule is C[C@@H](CC(=O)O)[C@@H]1COCCO1. The molecule has 0 aromatic heterocycles. The molecule has 0 aromatic rings. The first-order chi connectivity index (χ1) is 5.70. The van der Waals surface area contributed by atoms with Crippen molar-refractivity contribution in [2.24, 2.45) is 5.92 Å². The largest absolute Gasteiger partial charge is 0.481 e. The molecule has 2 atom stereocenters. The van der Waals surface area contributed by atoms with Crippen LogP contribution in [0.15, 0.2) is 0 Å². The van der Waals surface area contributed by atoms with Gasteiger partial charge in [-0.25, -0.2) is 0 Å². The van der Waals surface area contributed by atoms with E-state index in [0.29, 0.717) is 19.8 Å². The fraction of sp³-hybridized carbons (Fsp3) is 0.875. The van der Waals surface area contributed by atoms with Gasteiger partial charge in [0.25, 0.3) is 0 Å². The Hall–Kier alpha value is -0.610. The van der Waals surface area contributed by atoms with Crippen molar-refractivity contribution in [1.82, 2.24) is 0 Å². The Kier molecular flexibility index (Phi) is 3.49. The molecule has 0 radical (unpaired) electrons. The normalized spacial score (nSPS) is 26.6. The Morgan fingerprint density at radius 3 is 2.92 bits per heavy atom. The molecule has 0 aromatic carbocycles. The van der Waals surface area contributed by atoms with Gasteiger partial charge in [0, 0.05) is 0 Å². The number of rotatable bonds is 3. The van der Waals surface area contributed by atoms with Crippen molar-refractivity contribution < 1.29 is 19.4 Å². The molecule has 1 fully saturated rings. The summed E-state index contributed by atoms with van der Waals surface area (Å²) in [6.07, 6.45) is 0.100. The molecule has 12 heavy (non-hydrogen) atoms. The second kappa shape index (κ2) is 4.42. The Bertz CT molecular complexity index is 151. The van der Waals surface area contributed by atoms with Crippen molar-refractivity contribution in [2.75, 3.05) is 19.8 Å². The molecule has 1 aliphatic rings. The maximum Gasteiger partial charge on any atom is 0.303 e. The van der Waals surface area contributed by atoms with E-state index in [1.165, 1.54) is 0 Å². The molecule has 1 rings (SSSR count). The highest BCUT2D eigenvalue weighted by Crippen LogP contribution is 2.14. The second-order valence-corrected chi connectivity index (χ2v) is 3.06. The van der Waals surface area contributed by atoms with Gasteiger partial charge in [-0.15, -0.1) is 0 Å². The van der Waals surface area contributed by atoms with Gasteiger partial charge < -0.3 is 14.6 Å². The van der Waals surface area contributed by atoms with Crippen LogP contribution in [-0.2, 0) is 14.3 Å². The van der Waals surface area contributed by atoms with Gasteiger partial charge in [-0.1, -0.05) is 6.92 Å². The third-order valence-corrected chi connectivity index (χ3v) is 1.97. The van der Waals surface area contributed by atoms with Crippen molar-refractivity contribution in [1.29, 1.82) is 0 Å². The van der Waals surface area contributed by atoms with Gasteiger partial charge in [0.2, 0.25) is 0 Å². The first-order valence-corrected chi connectivity index (χ1v) is 4.11. The highest BCUT2D eigenvalue weighted by molar-refractivity contribution is 5.67. The van der Waals surface area contributed by atoms with E-state index in [-0.39, 0.29) is 18.4 Å². The van der Waals surface area contributed by atoms with E-state index in [0.717, 1.165) is 0 Å². The van der Waals surface area contributed by atoms with Crippen LogP contribution >= 0.6 is 0 Å². The van der Waals surface area contributed by atoms with Crippen LogP contribution in [0.5, 0.6) is 0 Å². The van der Waals surface area contributed by atoms with Crippen LogP contribution in [-0.4, -0.2) is 37.0 Å². The van der Waals surface area contributed by atoms with Crippen LogP contribution in [0.2, 0.25) is 0 Å². The summed E-state index contributed by atoms with van der Waals surface area (Å²) in [6, 6.07) is 0. The van der Waals surface area contributed by atoms with Gasteiger partial charge in [0.05, 0.1) is 32.3 Å². The molecule has 4 heteroatoms. The van der Waals surface area contributed by atoms with Gasteiger partial charge in [-0.2, -0.15) is 0 Å². The number of ether oxygens (including phenoxy) is 2. The molecule has 1 aliphatic heterocycles. The zero-order valence-electron chi connectivity index (χ0n) is 7.16. The molecule has 0 bridgehead atoms. The monoisotopic (exact) mass is 174 g/mol. The van der Waals surface area contributed by atoms with Gasteiger partial charge in [-0.05, 0) is 5.92 Å². The molecule has 0 amide bonds. The Balaban J connectivity index is 2.29. The molecule has 1 N–H and O–H groups in total. The first-order valence-electron chi connectivity index (χ1n) is 4.11. The van der Waals surface area contributed by atoms with Gasteiger partial charge in [0.15, 0.2) is 0 Å². The third-order valence-electron chi connectivity index (χ3n) is 1.97. The molecule has 1 heterocycles. The minimum Gasteiger partial charge on any atom is -0.481 e. The van der Waals surface area contributed by atoms with E-state index < -0.39 is 5.97 Å². The lowest BCUT2D eigenvalue weighted by atomic mass is 10.0. The van der Waals surface area contributed by atoms with Crippen molar-refractivity contribution in [3.8, 4) is 0 Å². The van der Waals surface area contributed by atoms with Crippen LogP contribution < -0.4 is 0 Å². The first kappa shape index (κ1) is 9.48. The fourth-order valence-electron chi connectivity index (χ4n) is 1.24. The van der Waals surface area contributed by atoms with Crippen molar-refractivity contribution in [2.45, 2.75) is 19.4 Å². The van der Waals surface area contributed by atoms with Crippen molar-refractivity contribution in [3.05, 3.63) is 0 Å². The minimum absolute atomic E-state index is 0.0304. The highest BCUT2D eigenvalue weighted by Gasteiger charge is 2.23. The molecule has 1 saturated heterocycles. The summed E-state index contributed by atoms with van der Waals surface area (Å²) in [6.45, 7) is 3.59. The zero-order valence-corrected chi connectivity index (χ0v) is 7.16. The van der Waals surface area contributed by atoms with E-state index in [4.69, 9.17) is 14.6 Å². The summed E-state index contributed by atoms with van der Waals surface area (Å²) >= 11 is 0. The number of carboxylic acids is 1. The van der Waals surface area contributed by atoms with Crippen LogP contribution in [0.3, 0.4) is 0 Å². The Morgan fingerprint density at radius 1 is 1.67 bits per heavy atom. The van der Waals surface area contributed by atoms with Gasteiger partial charge >= 0.3 is 5.97 Å². The van der Waals surface area contributed by atoms with E-state index in [1.54, 1.807) is 0 Å². The number of hydrogen-bond acceptors (Lipinski definition) is 3. The summed E-state index contributed by atoms with van der Waals surface area (Å²) in [7, 11) is 0. The van der Waals surface area contributed by atoms with E-state index in [2.05, 4.69) is 0 Å². The summed E-state index contributed by atoms with van der Waals surface area (Å²) in [5, 5.41) is 8.52. The van der Waals surface area contributed by atoms with E-state index in [9.17, 15) is 4.79 Å². The third kappa shape index (κ3) is 2.79. The summed E-state index contributed by atoms with van der Waals surface area (Å²) in [4.78, 5) is 10.4. The van der Waals surface area contributed by atoms with Crippen LogP contribution in [0.25, 0.3) is 0 Å². The van der Waals surface area contributed by atoms with Crippen molar-refractivity contribution >= 4 is 5.97 Å². The van der Waals surface area contributed by atoms with E-state index in [1.807, 2.05) is 6.92 Å². The van der Waals surface area contributed by atoms with Crippen LogP contribution in [0.4, 0.5) is 0 Å². The maximum absolute atomic E-state index is 10.4. The average molecular weight is 174 g/mol. The Morgan fingerprint density at radius 2 is 2.42 bits per heavy atom. The fourth-order valence-corrected chi connectivity index (χ4v) is 1.24. The van der Waals surface area contributed by atoms with Gasteiger partial charge in [0.1, 0.15) is 0 Å². The summed E-state index contributed by atoms with van der Waals surface area (Å²) in [5.41, 5.74) is 0. The molecule has 0 saturated carbocycles. The minimum atomic E-state index is -0.781. The lowest BCUT2D eigenvalue weighted by molar-refractivity contribution is -0.143.